The standard InChI is InChI=1S/C26H29N7O/c1-3-4-15-33(23-7-5-6-14-29-23)26(34)19-10-13-22-21(16-19)31-24(32(22)2)17-30-20-11-8-18(9-12-20)25(27)28/h5-14,16,30H,3-4,15,17H2,1-2H3,(H3,27,28). The maximum atomic E-state index is 13.4. The number of carbonyl (C=O) groups excluding carboxylic acids is 1. The van der Waals surface area contributed by atoms with Crippen molar-refractivity contribution >= 4 is 34.3 Å². The summed E-state index contributed by atoms with van der Waals surface area (Å²) in [7, 11) is 1.97. The molecule has 0 fully saturated rings. The van der Waals surface area contributed by atoms with E-state index in [1.165, 1.54) is 0 Å². The van der Waals surface area contributed by atoms with Crippen molar-refractivity contribution < 1.29 is 4.79 Å². The van der Waals surface area contributed by atoms with Crippen molar-refractivity contribution in [3.8, 4) is 0 Å². The lowest BCUT2D eigenvalue weighted by molar-refractivity contribution is 0.0986. The van der Waals surface area contributed by atoms with E-state index in [1.807, 2.05) is 72.3 Å². The Hall–Kier alpha value is -4.20. The van der Waals surface area contributed by atoms with Crippen molar-refractivity contribution in [3.63, 3.8) is 0 Å². The molecule has 0 saturated heterocycles. The van der Waals surface area contributed by atoms with Crippen LogP contribution in [-0.4, -0.2) is 32.8 Å². The highest BCUT2D eigenvalue weighted by Gasteiger charge is 2.19. The van der Waals surface area contributed by atoms with Crippen molar-refractivity contribution in [3.05, 3.63) is 83.8 Å². The molecule has 8 heteroatoms. The number of nitrogens with one attached hydrogen (secondary N) is 2. The van der Waals surface area contributed by atoms with E-state index in [-0.39, 0.29) is 11.7 Å². The lowest BCUT2D eigenvalue weighted by Crippen LogP contribution is -2.32. The number of nitrogen functional groups attached to an aromatic ring is 1. The first-order chi connectivity index (χ1) is 16.5. The fourth-order valence-electron chi connectivity index (χ4n) is 3.80. The first-order valence-corrected chi connectivity index (χ1v) is 11.3. The van der Waals surface area contributed by atoms with Crippen molar-refractivity contribution in [2.24, 2.45) is 12.8 Å². The highest BCUT2D eigenvalue weighted by atomic mass is 16.2. The van der Waals surface area contributed by atoms with Crippen LogP contribution in [0.15, 0.2) is 66.9 Å². The van der Waals surface area contributed by atoms with Gasteiger partial charge in [0.2, 0.25) is 0 Å². The molecule has 0 radical (unpaired) electrons. The van der Waals surface area contributed by atoms with Crippen molar-refractivity contribution in [2.45, 2.75) is 26.3 Å². The van der Waals surface area contributed by atoms with Gasteiger partial charge >= 0.3 is 0 Å². The van der Waals surface area contributed by atoms with Gasteiger partial charge in [-0.1, -0.05) is 19.4 Å². The smallest absolute Gasteiger partial charge is 0.259 e. The van der Waals surface area contributed by atoms with Crippen molar-refractivity contribution in [2.75, 3.05) is 16.8 Å². The normalized spacial score (nSPS) is 10.9. The zero-order valence-electron chi connectivity index (χ0n) is 19.5. The van der Waals surface area contributed by atoms with E-state index in [9.17, 15) is 4.79 Å². The summed E-state index contributed by atoms with van der Waals surface area (Å²) >= 11 is 0. The number of pyridine rings is 1. The summed E-state index contributed by atoms with van der Waals surface area (Å²) in [5, 5.41) is 10.9. The SMILES string of the molecule is CCCCN(C(=O)c1ccc2c(c1)nc(CNc1ccc(C(=N)N)cc1)n2C)c1ccccn1. The number of carbonyl (C=O) groups is 1. The Bertz CT molecular complexity index is 1300. The van der Waals surface area contributed by atoms with Crippen LogP contribution in [0.25, 0.3) is 11.0 Å². The minimum Gasteiger partial charge on any atom is -0.384 e. The van der Waals surface area contributed by atoms with Crippen LogP contribution in [0.4, 0.5) is 11.5 Å². The molecule has 34 heavy (non-hydrogen) atoms. The minimum atomic E-state index is -0.0788. The summed E-state index contributed by atoms with van der Waals surface area (Å²) in [5.41, 5.74) is 9.43. The first kappa shape index (κ1) is 23.0. The number of unbranched alkanes of at least 4 members (excludes halogenated alkanes) is 1. The van der Waals surface area contributed by atoms with Gasteiger partial charge in [-0.05, 0) is 61.0 Å². The van der Waals surface area contributed by atoms with Gasteiger partial charge in [0, 0.05) is 36.6 Å². The number of benzene rings is 2. The van der Waals surface area contributed by atoms with Crippen LogP contribution in [-0.2, 0) is 13.6 Å². The van der Waals surface area contributed by atoms with E-state index in [1.54, 1.807) is 11.1 Å². The number of nitrogens with zero attached hydrogens (tertiary/aromatic N) is 4. The van der Waals surface area contributed by atoms with Gasteiger partial charge in [0.25, 0.3) is 5.91 Å². The van der Waals surface area contributed by atoms with Gasteiger partial charge < -0.3 is 15.6 Å². The van der Waals surface area contributed by atoms with Gasteiger partial charge in [0.15, 0.2) is 0 Å². The molecule has 2 aromatic carbocycles. The summed E-state index contributed by atoms with van der Waals surface area (Å²) in [6, 6.07) is 18.6. The first-order valence-electron chi connectivity index (χ1n) is 11.3. The van der Waals surface area contributed by atoms with Crippen LogP contribution in [0.1, 0.15) is 41.5 Å². The molecule has 0 atom stereocenters. The van der Waals surface area contributed by atoms with E-state index in [4.69, 9.17) is 16.1 Å². The number of fused-ring (bicyclic) bond motifs is 1. The molecular formula is C26H29N7O. The quantitative estimate of drug-likeness (QED) is 0.257. The van der Waals surface area contributed by atoms with Crippen LogP contribution in [0.2, 0.25) is 0 Å². The predicted octanol–water partition coefficient (Wildman–Crippen LogP) is 4.31. The Morgan fingerprint density at radius 1 is 1.12 bits per heavy atom. The Balaban J connectivity index is 1.55. The number of hydrogen-bond acceptors (Lipinski definition) is 5. The highest BCUT2D eigenvalue weighted by molar-refractivity contribution is 6.07. The molecule has 4 rings (SSSR count). The molecule has 0 aliphatic carbocycles. The molecular weight excluding hydrogens is 426 g/mol. The molecule has 0 unspecified atom stereocenters. The average molecular weight is 456 g/mol. The topological polar surface area (TPSA) is 113 Å². The Morgan fingerprint density at radius 3 is 2.56 bits per heavy atom. The minimum absolute atomic E-state index is 0.0450. The molecule has 1 amide bonds. The third-order valence-corrected chi connectivity index (χ3v) is 5.77. The van der Waals surface area contributed by atoms with Crippen LogP contribution in [0, 0.1) is 5.41 Å². The van der Waals surface area contributed by atoms with Crippen LogP contribution in [0.5, 0.6) is 0 Å². The second-order valence-electron chi connectivity index (χ2n) is 8.13. The number of rotatable bonds is 9. The number of imidazole rings is 1. The largest absolute Gasteiger partial charge is 0.384 e. The summed E-state index contributed by atoms with van der Waals surface area (Å²) < 4.78 is 2.02. The number of nitrogens with two attached hydrogens (primary N) is 1. The second kappa shape index (κ2) is 10.2. The maximum Gasteiger partial charge on any atom is 0.259 e. The number of anilines is 2. The number of amides is 1. The van der Waals surface area contributed by atoms with Crippen LogP contribution in [0.3, 0.4) is 0 Å². The van der Waals surface area contributed by atoms with Gasteiger partial charge in [-0.2, -0.15) is 0 Å². The fourth-order valence-corrected chi connectivity index (χ4v) is 3.80. The van der Waals surface area contributed by atoms with Crippen molar-refractivity contribution in [1.29, 1.82) is 5.41 Å². The number of amidine groups is 1. The van der Waals surface area contributed by atoms with E-state index in [0.29, 0.717) is 30.0 Å². The van der Waals surface area contributed by atoms with E-state index < -0.39 is 0 Å². The Morgan fingerprint density at radius 2 is 1.88 bits per heavy atom. The molecule has 8 nitrogen and oxygen atoms in total. The second-order valence-corrected chi connectivity index (χ2v) is 8.13. The lowest BCUT2D eigenvalue weighted by Gasteiger charge is -2.21. The number of hydrogen-bond donors (Lipinski definition) is 3. The average Bonchev–Trinajstić information content (AvgIpc) is 3.18. The van der Waals surface area contributed by atoms with Gasteiger partial charge in [0.1, 0.15) is 17.5 Å². The summed E-state index contributed by atoms with van der Waals surface area (Å²) in [4.78, 5) is 24.3. The van der Waals surface area contributed by atoms with Gasteiger partial charge in [-0.25, -0.2) is 9.97 Å². The fraction of sp³-hybridized carbons (Fsp3) is 0.231. The molecule has 0 spiro atoms. The van der Waals surface area contributed by atoms with Crippen molar-refractivity contribution in [1.82, 2.24) is 14.5 Å². The molecule has 174 valence electrons. The Kier molecular flexibility index (Phi) is 6.87. The molecule has 2 heterocycles. The molecule has 4 N–H and O–H groups in total. The zero-order valence-corrected chi connectivity index (χ0v) is 19.5. The van der Waals surface area contributed by atoms with Gasteiger partial charge in [0.05, 0.1) is 17.6 Å². The van der Waals surface area contributed by atoms with Gasteiger partial charge in [-0.3, -0.25) is 15.1 Å². The lowest BCUT2D eigenvalue weighted by atomic mass is 10.1. The number of aromatic nitrogens is 3. The van der Waals surface area contributed by atoms with Gasteiger partial charge in [-0.15, -0.1) is 0 Å². The maximum absolute atomic E-state index is 13.4. The predicted molar refractivity (Wildman–Crippen MR) is 136 cm³/mol. The summed E-state index contributed by atoms with van der Waals surface area (Å²) in [6.45, 7) is 3.24. The monoisotopic (exact) mass is 455 g/mol. The highest BCUT2D eigenvalue weighted by Crippen LogP contribution is 2.21. The van der Waals surface area contributed by atoms with Crippen LogP contribution < -0.4 is 16.0 Å². The molecule has 0 saturated carbocycles. The molecule has 0 bridgehead atoms. The zero-order chi connectivity index (χ0) is 24.1. The molecule has 2 aromatic heterocycles. The van der Waals surface area contributed by atoms with E-state index in [0.717, 1.165) is 35.4 Å². The third kappa shape index (κ3) is 4.91. The summed E-state index contributed by atoms with van der Waals surface area (Å²) in [6.07, 6.45) is 3.59. The Labute approximate surface area is 199 Å². The molecule has 0 aliphatic heterocycles. The van der Waals surface area contributed by atoms with E-state index >= 15 is 0 Å². The molecule has 4 aromatic rings. The number of aryl methyl sites for hydroxylation is 1. The van der Waals surface area contributed by atoms with E-state index in [2.05, 4.69) is 17.2 Å². The molecule has 0 aliphatic rings. The summed E-state index contributed by atoms with van der Waals surface area (Å²) in [5.74, 6) is 1.47. The third-order valence-electron chi connectivity index (χ3n) is 5.77. The van der Waals surface area contributed by atoms with Crippen LogP contribution >= 0.6 is 0 Å².